The van der Waals surface area contributed by atoms with Crippen LogP contribution in [0, 0.1) is 5.92 Å². The first-order valence-electron chi connectivity index (χ1n) is 8.18. The fourth-order valence-corrected chi connectivity index (χ4v) is 4.84. The van der Waals surface area contributed by atoms with Gasteiger partial charge in [-0.15, -0.1) is 0 Å². The van der Waals surface area contributed by atoms with Crippen LogP contribution in [0.15, 0.2) is 0 Å². The molecule has 3 fully saturated rings. The number of hydrogen-bond acceptors (Lipinski definition) is 3. The minimum absolute atomic E-state index is 0.0547. The fraction of sp³-hybridized carbons (Fsp3) is 0.875. The lowest BCUT2D eigenvalue weighted by Gasteiger charge is -2.47. The molecule has 4 unspecified atom stereocenters. The van der Waals surface area contributed by atoms with Crippen LogP contribution >= 0.6 is 11.8 Å². The van der Waals surface area contributed by atoms with Gasteiger partial charge in [0.15, 0.2) is 0 Å². The Morgan fingerprint density at radius 1 is 1.29 bits per heavy atom. The Kier molecular flexibility index (Phi) is 3.97. The third-order valence-corrected chi connectivity index (χ3v) is 6.66. The standard InChI is InChI=1S/C16H26N2O2S/c1-4-13-14(19)17-16(2,10-5-6-10)15(20)18(13)11-7-8-12(9-11)21-3/h10-13H,4-9H2,1-3H3,(H,17,19). The third kappa shape index (κ3) is 2.47. The molecule has 0 bridgehead atoms. The zero-order chi connectivity index (χ0) is 15.2. The molecule has 0 radical (unpaired) electrons. The highest BCUT2D eigenvalue weighted by Crippen LogP contribution is 2.44. The van der Waals surface area contributed by atoms with Crippen molar-refractivity contribution in [3.8, 4) is 0 Å². The maximum atomic E-state index is 13.1. The number of rotatable bonds is 4. The van der Waals surface area contributed by atoms with Crippen molar-refractivity contribution < 1.29 is 9.59 Å². The average Bonchev–Trinajstić information content (AvgIpc) is 3.22. The summed E-state index contributed by atoms with van der Waals surface area (Å²) in [5, 5.41) is 3.69. The number of nitrogens with one attached hydrogen (secondary N) is 1. The predicted molar refractivity (Wildman–Crippen MR) is 85.1 cm³/mol. The Balaban J connectivity index is 1.86. The molecule has 4 atom stereocenters. The minimum atomic E-state index is -0.653. The fourth-order valence-electron chi connectivity index (χ4n) is 4.05. The van der Waals surface area contributed by atoms with Gasteiger partial charge in [-0.3, -0.25) is 9.59 Å². The van der Waals surface area contributed by atoms with Gasteiger partial charge in [0.2, 0.25) is 11.8 Å². The molecule has 118 valence electrons. The molecule has 0 spiro atoms. The maximum Gasteiger partial charge on any atom is 0.249 e. The monoisotopic (exact) mass is 310 g/mol. The number of nitrogens with zero attached hydrogens (tertiary/aromatic N) is 1. The van der Waals surface area contributed by atoms with E-state index < -0.39 is 5.54 Å². The van der Waals surface area contributed by atoms with Gasteiger partial charge in [0.25, 0.3) is 0 Å². The maximum absolute atomic E-state index is 13.1. The van der Waals surface area contributed by atoms with E-state index in [1.54, 1.807) is 0 Å². The van der Waals surface area contributed by atoms with E-state index in [9.17, 15) is 9.59 Å². The third-order valence-electron chi connectivity index (χ3n) is 5.56. The van der Waals surface area contributed by atoms with Crippen molar-refractivity contribution in [1.29, 1.82) is 0 Å². The number of hydrogen-bond donors (Lipinski definition) is 1. The van der Waals surface area contributed by atoms with Gasteiger partial charge in [-0.1, -0.05) is 6.92 Å². The zero-order valence-electron chi connectivity index (χ0n) is 13.2. The van der Waals surface area contributed by atoms with Gasteiger partial charge in [-0.05, 0) is 57.6 Å². The summed E-state index contributed by atoms with van der Waals surface area (Å²) in [5.74, 6) is 0.564. The normalized spacial score (nSPS) is 40.5. The van der Waals surface area contributed by atoms with Gasteiger partial charge in [0, 0.05) is 11.3 Å². The molecule has 2 aliphatic carbocycles. The van der Waals surface area contributed by atoms with Gasteiger partial charge in [-0.25, -0.2) is 0 Å². The van der Waals surface area contributed by atoms with Crippen LogP contribution in [0.5, 0.6) is 0 Å². The Morgan fingerprint density at radius 2 is 2.00 bits per heavy atom. The zero-order valence-corrected chi connectivity index (χ0v) is 14.0. The van der Waals surface area contributed by atoms with Crippen molar-refractivity contribution in [3.63, 3.8) is 0 Å². The largest absolute Gasteiger partial charge is 0.340 e. The highest BCUT2D eigenvalue weighted by atomic mass is 32.2. The molecular weight excluding hydrogens is 284 g/mol. The Bertz CT molecular complexity index is 452. The number of carbonyl (C=O) groups is 2. The summed E-state index contributed by atoms with van der Waals surface area (Å²) < 4.78 is 0. The van der Waals surface area contributed by atoms with Crippen LogP contribution in [0.2, 0.25) is 0 Å². The van der Waals surface area contributed by atoms with Crippen LogP contribution in [0.4, 0.5) is 0 Å². The van der Waals surface area contributed by atoms with Crippen LogP contribution < -0.4 is 5.32 Å². The van der Waals surface area contributed by atoms with Crippen molar-refractivity contribution in [2.24, 2.45) is 5.92 Å². The molecule has 0 aromatic carbocycles. The summed E-state index contributed by atoms with van der Waals surface area (Å²) in [6, 6.07) is -0.0149. The summed E-state index contributed by atoms with van der Waals surface area (Å²) >= 11 is 1.89. The lowest BCUT2D eigenvalue weighted by atomic mass is 9.87. The molecule has 21 heavy (non-hydrogen) atoms. The van der Waals surface area contributed by atoms with Gasteiger partial charge < -0.3 is 10.2 Å². The first kappa shape index (κ1) is 15.2. The highest BCUT2D eigenvalue weighted by Gasteiger charge is 2.56. The van der Waals surface area contributed by atoms with Crippen molar-refractivity contribution in [3.05, 3.63) is 0 Å². The number of thioether (sulfide) groups is 1. The van der Waals surface area contributed by atoms with E-state index in [-0.39, 0.29) is 23.9 Å². The summed E-state index contributed by atoms with van der Waals surface area (Å²) in [7, 11) is 0. The lowest BCUT2D eigenvalue weighted by molar-refractivity contribution is -0.158. The van der Waals surface area contributed by atoms with Gasteiger partial charge in [0.1, 0.15) is 11.6 Å². The molecule has 3 aliphatic rings. The van der Waals surface area contributed by atoms with Gasteiger partial charge in [-0.2, -0.15) is 11.8 Å². The molecular formula is C16H26N2O2S. The van der Waals surface area contributed by atoms with E-state index in [1.807, 2.05) is 30.5 Å². The van der Waals surface area contributed by atoms with Crippen molar-refractivity contribution >= 4 is 23.6 Å². The number of amides is 2. The number of piperazine rings is 1. The Morgan fingerprint density at radius 3 is 2.52 bits per heavy atom. The van der Waals surface area contributed by atoms with Crippen molar-refractivity contribution in [2.45, 2.75) is 75.2 Å². The lowest BCUT2D eigenvalue weighted by Crippen LogP contribution is -2.71. The van der Waals surface area contributed by atoms with Crippen LogP contribution in [0.25, 0.3) is 0 Å². The molecule has 1 aliphatic heterocycles. The Labute approximate surface area is 131 Å². The quantitative estimate of drug-likeness (QED) is 0.866. The van der Waals surface area contributed by atoms with E-state index in [2.05, 4.69) is 11.6 Å². The van der Waals surface area contributed by atoms with Crippen LogP contribution in [0.1, 0.15) is 52.4 Å². The molecule has 1 N–H and O–H groups in total. The first-order chi connectivity index (χ1) is 10.0. The Hall–Kier alpha value is -0.710. The second-order valence-electron chi connectivity index (χ2n) is 6.93. The van der Waals surface area contributed by atoms with E-state index in [1.165, 1.54) is 0 Å². The molecule has 4 nitrogen and oxygen atoms in total. The molecule has 1 saturated heterocycles. The molecule has 5 heteroatoms. The molecule has 2 amide bonds. The van der Waals surface area contributed by atoms with Gasteiger partial charge in [0.05, 0.1) is 0 Å². The predicted octanol–water partition coefficient (Wildman–Crippen LogP) is 2.18. The smallest absolute Gasteiger partial charge is 0.249 e. The second-order valence-corrected chi connectivity index (χ2v) is 8.07. The van der Waals surface area contributed by atoms with Crippen LogP contribution in [-0.4, -0.2) is 45.8 Å². The SMILES string of the molecule is CCC1C(=O)NC(C)(C2CC2)C(=O)N1C1CCC(SC)C1. The van der Waals surface area contributed by atoms with Gasteiger partial charge >= 0.3 is 0 Å². The minimum Gasteiger partial charge on any atom is -0.340 e. The van der Waals surface area contributed by atoms with Crippen molar-refractivity contribution in [2.75, 3.05) is 6.26 Å². The summed E-state index contributed by atoms with van der Waals surface area (Å²) in [5.41, 5.74) is -0.653. The van der Waals surface area contributed by atoms with E-state index in [0.29, 0.717) is 17.6 Å². The second kappa shape index (κ2) is 5.49. The summed E-state index contributed by atoms with van der Waals surface area (Å²) in [6.45, 7) is 3.94. The molecule has 3 rings (SSSR count). The first-order valence-corrected chi connectivity index (χ1v) is 9.47. The molecule has 0 aromatic heterocycles. The van der Waals surface area contributed by atoms with Crippen LogP contribution in [-0.2, 0) is 9.59 Å². The summed E-state index contributed by atoms with van der Waals surface area (Å²) in [6.07, 6.45) is 8.21. The molecule has 0 aromatic rings. The van der Waals surface area contributed by atoms with Crippen LogP contribution in [0.3, 0.4) is 0 Å². The van der Waals surface area contributed by atoms with E-state index >= 15 is 0 Å². The number of carbonyl (C=O) groups excluding carboxylic acids is 2. The summed E-state index contributed by atoms with van der Waals surface area (Å²) in [4.78, 5) is 27.6. The molecule has 1 heterocycles. The van der Waals surface area contributed by atoms with E-state index in [4.69, 9.17) is 0 Å². The average molecular weight is 310 g/mol. The topological polar surface area (TPSA) is 49.4 Å². The van der Waals surface area contributed by atoms with E-state index in [0.717, 1.165) is 32.1 Å². The highest BCUT2D eigenvalue weighted by molar-refractivity contribution is 7.99. The molecule has 2 saturated carbocycles. The van der Waals surface area contributed by atoms with Crippen molar-refractivity contribution in [1.82, 2.24) is 10.2 Å².